The Morgan fingerprint density at radius 1 is 1.23 bits per heavy atom. The van der Waals surface area contributed by atoms with Gasteiger partial charge in [0.1, 0.15) is 5.15 Å². The van der Waals surface area contributed by atoms with Gasteiger partial charge in [-0.25, -0.2) is 4.98 Å². The molecule has 6 heteroatoms. The van der Waals surface area contributed by atoms with Crippen LogP contribution >= 0.6 is 23.4 Å². The molecular formula is C20H22ClN3OS. The molecule has 1 N–H and O–H groups in total. The first-order valence-electron chi connectivity index (χ1n) is 9.05. The maximum atomic E-state index is 12.7. The number of piperidine rings is 3. The van der Waals surface area contributed by atoms with Gasteiger partial charge in [-0.3, -0.25) is 9.69 Å². The molecule has 1 aromatic carbocycles. The van der Waals surface area contributed by atoms with Crippen molar-refractivity contribution in [3.05, 3.63) is 53.3 Å². The molecule has 3 aliphatic rings. The molecule has 136 valence electrons. The first-order valence-corrected chi connectivity index (χ1v) is 10.2. The van der Waals surface area contributed by atoms with Crippen LogP contribution in [0.5, 0.6) is 0 Å². The van der Waals surface area contributed by atoms with E-state index < -0.39 is 0 Å². The van der Waals surface area contributed by atoms with Crippen molar-refractivity contribution in [2.24, 2.45) is 5.92 Å². The Kier molecular flexibility index (Phi) is 5.20. The van der Waals surface area contributed by atoms with Crippen LogP contribution in [0, 0.1) is 5.92 Å². The number of halogens is 1. The number of pyridine rings is 1. The van der Waals surface area contributed by atoms with Gasteiger partial charge in [-0.05, 0) is 75.2 Å². The van der Waals surface area contributed by atoms with E-state index >= 15 is 0 Å². The summed E-state index contributed by atoms with van der Waals surface area (Å²) in [6.07, 6.45) is 4.06. The van der Waals surface area contributed by atoms with Crippen molar-refractivity contribution in [1.82, 2.24) is 15.2 Å². The standard InChI is InChI=1S/C20H22ClN3OS/c1-13-18(14-8-11-24(13)12-9-14)23-20(25)15-4-6-16(7-5-15)26-17-3-2-10-22-19(17)21/h2-7,10,13-14,18H,8-9,11-12H2,1H3,(H,23,25). The van der Waals surface area contributed by atoms with Crippen LogP contribution in [-0.4, -0.2) is 41.0 Å². The molecule has 1 amide bonds. The number of hydrogen-bond acceptors (Lipinski definition) is 4. The lowest BCUT2D eigenvalue weighted by atomic mass is 9.79. The number of hydrogen-bond donors (Lipinski definition) is 1. The minimum Gasteiger partial charge on any atom is -0.347 e. The van der Waals surface area contributed by atoms with Crippen molar-refractivity contribution in [2.75, 3.05) is 13.1 Å². The average molecular weight is 388 g/mol. The van der Waals surface area contributed by atoms with Crippen molar-refractivity contribution in [3.8, 4) is 0 Å². The van der Waals surface area contributed by atoms with E-state index in [0.717, 1.165) is 9.79 Å². The zero-order chi connectivity index (χ0) is 18.1. The maximum absolute atomic E-state index is 12.7. The summed E-state index contributed by atoms with van der Waals surface area (Å²) in [7, 11) is 0. The first kappa shape index (κ1) is 17.8. The molecule has 4 nitrogen and oxygen atoms in total. The summed E-state index contributed by atoms with van der Waals surface area (Å²) < 4.78 is 0. The number of fused-ring (bicyclic) bond motifs is 3. The minimum absolute atomic E-state index is 0.0200. The smallest absolute Gasteiger partial charge is 0.251 e. The van der Waals surface area contributed by atoms with Crippen LogP contribution in [0.25, 0.3) is 0 Å². The number of nitrogens with one attached hydrogen (secondary N) is 1. The van der Waals surface area contributed by atoms with E-state index in [4.69, 9.17) is 11.6 Å². The normalized spacial score (nSPS) is 27.3. The van der Waals surface area contributed by atoms with Crippen molar-refractivity contribution in [3.63, 3.8) is 0 Å². The number of carbonyl (C=O) groups is 1. The summed E-state index contributed by atoms with van der Waals surface area (Å²) in [5.41, 5.74) is 0.704. The molecule has 0 radical (unpaired) electrons. The largest absolute Gasteiger partial charge is 0.347 e. The summed E-state index contributed by atoms with van der Waals surface area (Å²) >= 11 is 7.66. The third-order valence-corrected chi connectivity index (χ3v) is 7.02. The van der Waals surface area contributed by atoms with Gasteiger partial charge in [-0.15, -0.1) is 0 Å². The highest BCUT2D eigenvalue weighted by Crippen LogP contribution is 2.33. The second kappa shape index (κ2) is 7.59. The highest BCUT2D eigenvalue weighted by Gasteiger charge is 2.40. The van der Waals surface area contributed by atoms with Gasteiger partial charge in [0.05, 0.1) is 0 Å². The average Bonchev–Trinajstić information content (AvgIpc) is 2.67. The van der Waals surface area contributed by atoms with Crippen LogP contribution in [0.15, 0.2) is 52.4 Å². The predicted molar refractivity (Wildman–Crippen MR) is 105 cm³/mol. The molecule has 2 unspecified atom stereocenters. The molecule has 1 aromatic heterocycles. The van der Waals surface area contributed by atoms with Crippen LogP contribution in [0.4, 0.5) is 0 Å². The van der Waals surface area contributed by atoms with Gasteiger partial charge < -0.3 is 5.32 Å². The molecule has 2 atom stereocenters. The Labute approximate surface area is 163 Å². The van der Waals surface area contributed by atoms with Gasteiger partial charge >= 0.3 is 0 Å². The zero-order valence-electron chi connectivity index (χ0n) is 14.7. The van der Waals surface area contributed by atoms with Crippen LogP contribution < -0.4 is 5.32 Å². The van der Waals surface area contributed by atoms with Crippen molar-refractivity contribution < 1.29 is 4.79 Å². The number of amides is 1. The van der Waals surface area contributed by atoms with Crippen molar-refractivity contribution in [2.45, 2.75) is 41.6 Å². The molecule has 0 saturated carbocycles. The fourth-order valence-electron chi connectivity index (χ4n) is 4.03. The molecule has 2 aromatic rings. The summed E-state index contributed by atoms with van der Waals surface area (Å²) in [6.45, 7) is 4.57. The highest BCUT2D eigenvalue weighted by molar-refractivity contribution is 7.99. The van der Waals surface area contributed by atoms with Gasteiger partial charge in [-0.2, -0.15) is 0 Å². The van der Waals surface area contributed by atoms with Gasteiger partial charge in [-0.1, -0.05) is 23.4 Å². The molecule has 26 heavy (non-hydrogen) atoms. The van der Waals surface area contributed by atoms with E-state index in [-0.39, 0.29) is 11.9 Å². The van der Waals surface area contributed by atoms with Crippen molar-refractivity contribution >= 4 is 29.3 Å². The van der Waals surface area contributed by atoms with E-state index in [0.29, 0.717) is 22.7 Å². The lowest BCUT2D eigenvalue weighted by molar-refractivity contribution is 0.0217. The van der Waals surface area contributed by atoms with Crippen LogP contribution in [-0.2, 0) is 0 Å². The summed E-state index contributed by atoms with van der Waals surface area (Å²) in [4.78, 5) is 21.2. The van der Waals surface area contributed by atoms with E-state index in [9.17, 15) is 4.79 Å². The molecule has 0 aliphatic carbocycles. The second-order valence-electron chi connectivity index (χ2n) is 7.03. The Morgan fingerprint density at radius 2 is 1.96 bits per heavy atom. The van der Waals surface area contributed by atoms with Gasteiger partial charge in [0.2, 0.25) is 0 Å². The highest BCUT2D eigenvalue weighted by atomic mass is 35.5. The topological polar surface area (TPSA) is 45.2 Å². The van der Waals surface area contributed by atoms with Crippen molar-refractivity contribution in [1.29, 1.82) is 0 Å². The lowest BCUT2D eigenvalue weighted by Crippen LogP contribution is -2.62. The fraction of sp³-hybridized carbons (Fsp3) is 0.400. The molecule has 4 heterocycles. The van der Waals surface area contributed by atoms with Gasteiger partial charge in [0.25, 0.3) is 5.91 Å². The second-order valence-corrected chi connectivity index (χ2v) is 8.51. The first-order chi connectivity index (χ1) is 12.6. The molecule has 2 bridgehead atoms. The molecule has 5 rings (SSSR count). The molecule has 0 spiro atoms. The maximum Gasteiger partial charge on any atom is 0.251 e. The van der Waals surface area contributed by atoms with Crippen LogP contribution in [0.1, 0.15) is 30.1 Å². The minimum atomic E-state index is 0.0200. The lowest BCUT2D eigenvalue weighted by Gasteiger charge is -2.49. The van der Waals surface area contributed by atoms with E-state index in [1.54, 1.807) is 18.0 Å². The number of carbonyl (C=O) groups excluding carboxylic acids is 1. The predicted octanol–water partition coefficient (Wildman–Crippen LogP) is 4.10. The summed E-state index contributed by atoms with van der Waals surface area (Å²) in [5.74, 6) is 0.632. The summed E-state index contributed by atoms with van der Waals surface area (Å²) in [5, 5.41) is 3.77. The van der Waals surface area contributed by atoms with E-state index in [1.807, 2.05) is 36.4 Å². The van der Waals surface area contributed by atoms with Gasteiger partial charge in [0.15, 0.2) is 0 Å². The van der Waals surface area contributed by atoms with E-state index in [1.165, 1.54) is 25.9 Å². The SMILES string of the molecule is CC1C(NC(=O)c2ccc(Sc3cccnc3Cl)cc2)C2CCN1CC2. The molecule has 3 aliphatic heterocycles. The van der Waals surface area contributed by atoms with Crippen LogP contribution in [0.3, 0.4) is 0 Å². The van der Waals surface area contributed by atoms with Gasteiger partial charge in [0, 0.05) is 33.6 Å². The number of aromatic nitrogens is 1. The monoisotopic (exact) mass is 387 g/mol. The number of benzene rings is 1. The third kappa shape index (κ3) is 3.61. The van der Waals surface area contributed by atoms with Crippen LogP contribution in [0.2, 0.25) is 5.15 Å². The fourth-order valence-corrected chi connectivity index (χ4v) is 5.07. The Morgan fingerprint density at radius 3 is 2.62 bits per heavy atom. The molecule has 3 saturated heterocycles. The summed E-state index contributed by atoms with van der Waals surface area (Å²) in [6, 6.07) is 12.2. The third-order valence-electron chi connectivity index (χ3n) is 5.54. The zero-order valence-corrected chi connectivity index (χ0v) is 16.3. The number of nitrogens with zero attached hydrogens (tertiary/aromatic N) is 2. The molecule has 3 fully saturated rings. The van der Waals surface area contributed by atoms with E-state index in [2.05, 4.69) is 22.1 Å². The number of rotatable bonds is 4. The Bertz CT molecular complexity index is 788. The Hall–Kier alpha value is -1.56. The Balaban J connectivity index is 1.42. The quantitative estimate of drug-likeness (QED) is 0.802. The molecular weight excluding hydrogens is 366 g/mol.